The van der Waals surface area contributed by atoms with Crippen LogP contribution in [-0.2, 0) is 0 Å². The van der Waals surface area contributed by atoms with Crippen LogP contribution in [-0.4, -0.2) is 13.7 Å². The van der Waals surface area contributed by atoms with E-state index < -0.39 is 0 Å². The van der Waals surface area contributed by atoms with Gasteiger partial charge < -0.3 is 9.47 Å². The Hall–Kier alpha value is -1.44. The third-order valence-electron chi connectivity index (χ3n) is 2.16. The highest BCUT2D eigenvalue weighted by Gasteiger charge is 2.03. The highest BCUT2D eigenvalue weighted by molar-refractivity contribution is 5.56. The lowest BCUT2D eigenvalue weighted by molar-refractivity contribution is 0.311. The van der Waals surface area contributed by atoms with Crippen LogP contribution in [0.25, 0.3) is 6.08 Å². The molecular formula is C14H20O2. The Morgan fingerprint density at radius 1 is 1.25 bits per heavy atom. The fraction of sp³-hybridized carbons (Fsp3) is 0.429. The minimum Gasteiger partial charge on any atom is -0.493 e. The summed E-state index contributed by atoms with van der Waals surface area (Å²) in [6, 6.07) is 5.97. The Morgan fingerprint density at radius 2 is 2.00 bits per heavy atom. The van der Waals surface area contributed by atoms with Crippen LogP contribution < -0.4 is 9.47 Å². The Bertz CT molecular complexity index is 354. The van der Waals surface area contributed by atoms with Crippen LogP contribution in [0.1, 0.15) is 26.3 Å². The van der Waals surface area contributed by atoms with Gasteiger partial charge in [-0.1, -0.05) is 32.1 Å². The Morgan fingerprint density at radius 3 is 2.56 bits per heavy atom. The van der Waals surface area contributed by atoms with Gasteiger partial charge in [0.05, 0.1) is 13.7 Å². The summed E-state index contributed by atoms with van der Waals surface area (Å²) in [5.41, 5.74) is 1.13. The van der Waals surface area contributed by atoms with Crippen molar-refractivity contribution >= 4 is 6.08 Å². The number of allylic oxidation sites excluding steroid dienone is 1. The van der Waals surface area contributed by atoms with E-state index in [1.165, 1.54) is 0 Å². The number of rotatable bonds is 5. The van der Waals surface area contributed by atoms with Gasteiger partial charge in [0.25, 0.3) is 0 Å². The molecule has 16 heavy (non-hydrogen) atoms. The summed E-state index contributed by atoms with van der Waals surface area (Å²) >= 11 is 0. The third-order valence-corrected chi connectivity index (χ3v) is 2.16. The standard InChI is InChI=1S/C14H20O2/c1-5-16-13-9-8-12(7-6-11(2)3)10-14(13)15-4/h6-11H,5H2,1-4H3/b7-6+. The minimum atomic E-state index is 0.553. The number of hydrogen-bond acceptors (Lipinski definition) is 2. The SMILES string of the molecule is CCOc1ccc(/C=C/C(C)C)cc1OC. The van der Waals surface area contributed by atoms with Crippen LogP contribution in [0.15, 0.2) is 24.3 Å². The maximum atomic E-state index is 5.46. The van der Waals surface area contributed by atoms with E-state index in [2.05, 4.69) is 26.0 Å². The van der Waals surface area contributed by atoms with Gasteiger partial charge in [0.15, 0.2) is 11.5 Å². The fourth-order valence-corrected chi connectivity index (χ4v) is 1.37. The minimum absolute atomic E-state index is 0.553. The molecule has 0 N–H and O–H groups in total. The van der Waals surface area contributed by atoms with E-state index in [-0.39, 0.29) is 0 Å². The Labute approximate surface area is 97.9 Å². The molecule has 2 heteroatoms. The van der Waals surface area contributed by atoms with Gasteiger partial charge in [-0.05, 0) is 30.5 Å². The second kappa shape index (κ2) is 6.21. The molecule has 0 aliphatic heterocycles. The molecule has 0 spiro atoms. The van der Waals surface area contributed by atoms with Crippen LogP contribution in [0, 0.1) is 5.92 Å². The first-order valence-electron chi connectivity index (χ1n) is 5.66. The summed E-state index contributed by atoms with van der Waals surface area (Å²) in [5.74, 6) is 2.14. The third kappa shape index (κ3) is 3.61. The van der Waals surface area contributed by atoms with Crippen LogP contribution in [0.2, 0.25) is 0 Å². The maximum Gasteiger partial charge on any atom is 0.161 e. The lowest BCUT2D eigenvalue weighted by atomic mass is 10.1. The molecule has 0 atom stereocenters. The first-order chi connectivity index (χ1) is 7.67. The molecule has 0 aliphatic carbocycles. The van der Waals surface area contributed by atoms with Crippen molar-refractivity contribution in [2.45, 2.75) is 20.8 Å². The van der Waals surface area contributed by atoms with Crippen LogP contribution in [0.5, 0.6) is 11.5 Å². The van der Waals surface area contributed by atoms with Gasteiger partial charge in [-0.2, -0.15) is 0 Å². The first-order valence-corrected chi connectivity index (χ1v) is 5.66. The highest BCUT2D eigenvalue weighted by Crippen LogP contribution is 2.28. The van der Waals surface area contributed by atoms with E-state index in [9.17, 15) is 0 Å². The molecule has 1 aromatic carbocycles. The lowest BCUT2D eigenvalue weighted by Gasteiger charge is -2.09. The van der Waals surface area contributed by atoms with Crippen molar-refractivity contribution < 1.29 is 9.47 Å². The second-order valence-electron chi connectivity index (χ2n) is 3.95. The van der Waals surface area contributed by atoms with Crippen molar-refractivity contribution in [1.29, 1.82) is 0 Å². The quantitative estimate of drug-likeness (QED) is 0.752. The highest BCUT2D eigenvalue weighted by atomic mass is 16.5. The molecule has 0 aliphatic rings. The predicted octanol–water partition coefficient (Wildman–Crippen LogP) is 3.76. The van der Waals surface area contributed by atoms with Crippen molar-refractivity contribution in [3.05, 3.63) is 29.8 Å². The van der Waals surface area contributed by atoms with Gasteiger partial charge in [0, 0.05) is 0 Å². The average molecular weight is 220 g/mol. The second-order valence-corrected chi connectivity index (χ2v) is 3.95. The Kier molecular flexibility index (Phi) is 4.90. The van der Waals surface area contributed by atoms with Gasteiger partial charge >= 0.3 is 0 Å². The number of hydrogen-bond donors (Lipinski definition) is 0. The van der Waals surface area contributed by atoms with Crippen molar-refractivity contribution in [2.24, 2.45) is 5.92 Å². The van der Waals surface area contributed by atoms with Gasteiger partial charge in [-0.3, -0.25) is 0 Å². The van der Waals surface area contributed by atoms with Gasteiger partial charge in [-0.25, -0.2) is 0 Å². The smallest absolute Gasteiger partial charge is 0.161 e. The maximum absolute atomic E-state index is 5.46. The topological polar surface area (TPSA) is 18.5 Å². The van der Waals surface area contributed by atoms with Crippen molar-refractivity contribution in [3.63, 3.8) is 0 Å². The zero-order valence-corrected chi connectivity index (χ0v) is 10.5. The zero-order chi connectivity index (χ0) is 12.0. The van der Waals surface area contributed by atoms with Gasteiger partial charge in [0.2, 0.25) is 0 Å². The summed E-state index contributed by atoms with van der Waals surface area (Å²) in [6.45, 7) is 6.92. The van der Waals surface area contributed by atoms with Crippen molar-refractivity contribution in [1.82, 2.24) is 0 Å². The van der Waals surface area contributed by atoms with Crippen molar-refractivity contribution in [3.8, 4) is 11.5 Å². The molecule has 1 rings (SSSR count). The fourth-order valence-electron chi connectivity index (χ4n) is 1.37. The van der Waals surface area contributed by atoms with Gasteiger partial charge in [-0.15, -0.1) is 0 Å². The summed E-state index contributed by atoms with van der Waals surface area (Å²) in [6.07, 6.45) is 4.26. The van der Waals surface area contributed by atoms with E-state index in [0.29, 0.717) is 12.5 Å². The van der Waals surface area contributed by atoms with Crippen molar-refractivity contribution in [2.75, 3.05) is 13.7 Å². The van der Waals surface area contributed by atoms with Gasteiger partial charge in [0.1, 0.15) is 0 Å². The average Bonchev–Trinajstić information content (AvgIpc) is 2.28. The number of ether oxygens (including phenoxy) is 2. The van der Waals surface area contributed by atoms with Crippen LogP contribution in [0.3, 0.4) is 0 Å². The molecule has 0 saturated carbocycles. The van der Waals surface area contributed by atoms with Crippen LogP contribution in [0.4, 0.5) is 0 Å². The van der Waals surface area contributed by atoms with E-state index in [0.717, 1.165) is 17.1 Å². The number of benzene rings is 1. The summed E-state index contributed by atoms with van der Waals surface area (Å²) in [7, 11) is 1.66. The van der Waals surface area contributed by atoms with E-state index in [1.54, 1.807) is 7.11 Å². The molecule has 0 radical (unpaired) electrons. The summed E-state index contributed by atoms with van der Waals surface area (Å²) < 4.78 is 10.7. The first kappa shape index (κ1) is 12.6. The van der Waals surface area contributed by atoms with E-state index in [1.807, 2.05) is 25.1 Å². The molecule has 0 saturated heterocycles. The predicted molar refractivity (Wildman–Crippen MR) is 68.0 cm³/mol. The molecule has 1 aromatic rings. The largest absolute Gasteiger partial charge is 0.493 e. The zero-order valence-electron chi connectivity index (χ0n) is 10.5. The summed E-state index contributed by atoms with van der Waals surface area (Å²) in [5, 5.41) is 0. The molecule has 0 fully saturated rings. The normalized spacial score (nSPS) is 11.1. The monoisotopic (exact) mass is 220 g/mol. The summed E-state index contributed by atoms with van der Waals surface area (Å²) in [4.78, 5) is 0. The molecule has 0 heterocycles. The van der Waals surface area contributed by atoms with E-state index in [4.69, 9.17) is 9.47 Å². The molecule has 0 aromatic heterocycles. The van der Waals surface area contributed by atoms with E-state index >= 15 is 0 Å². The molecule has 2 nitrogen and oxygen atoms in total. The Balaban J connectivity index is 2.90. The molecule has 88 valence electrons. The molecular weight excluding hydrogens is 200 g/mol. The van der Waals surface area contributed by atoms with Crippen LogP contribution >= 0.6 is 0 Å². The molecule has 0 amide bonds. The number of methoxy groups -OCH3 is 1. The molecule has 0 bridgehead atoms. The lowest BCUT2D eigenvalue weighted by Crippen LogP contribution is -1.95. The molecule has 0 unspecified atom stereocenters.